The number of nitrogens with zero attached hydrogens (tertiary/aromatic N) is 1. The Labute approximate surface area is 114 Å². The number of benzene rings is 2. The average molecular weight is 273 g/mol. The van der Waals surface area contributed by atoms with Crippen molar-refractivity contribution >= 4 is 12.2 Å². The van der Waals surface area contributed by atoms with E-state index in [-0.39, 0.29) is 17.9 Å². The van der Waals surface area contributed by atoms with Gasteiger partial charge >= 0.3 is 0 Å². The van der Waals surface area contributed by atoms with Crippen molar-refractivity contribution < 1.29 is 19.2 Å². The van der Waals surface area contributed by atoms with Crippen LogP contribution in [0.5, 0.6) is 11.5 Å². The number of ether oxygens (including phenoxy) is 2. The first-order valence-electron chi connectivity index (χ1n) is 5.69. The van der Waals surface area contributed by atoms with Crippen molar-refractivity contribution in [2.75, 3.05) is 7.11 Å². The number of nitro benzene ring substituents is 1. The summed E-state index contributed by atoms with van der Waals surface area (Å²) in [4.78, 5) is 20.7. The molecule has 0 aromatic heterocycles. The van der Waals surface area contributed by atoms with Gasteiger partial charge in [-0.3, -0.25) is 14.9 Å². The van der Waals surface area contributed by atoms with E-state index >= 15 is 0 Å². The molecule has 0 heterocycles. The molecular weight excluding hydrogens is 262 g/mol. The smallest absolute Gasteiger partial charge is 0.298 e. The Morgan fingerprint density at radius 1 is 1.20 bits per heavy atom. The zero-order valence-corrected chi connectivity index (χ0v) is 10.6. The minimum Gasteiger partial charge on any atom is -0.497 e. The molecule has 0 atom stereocenters. The molecule has 0 unspecified atom stereocenters. The molecule has 0 aliphatic carbocycles. The first-order valence-corrected chi connectivity index (χ1v) is 5.69. The second kappa shape index (κ2) is 5.83. The third kappa shape index (κ3) is 2.74. The third-order valence-corrected chi connectivity index (χ3v) is 2.73. The van der Waals surface area contributed by atoms with E-state index in [9.17, 15) is 14.9 Å². The fourth-order valence-electron chi connectivity index (χ4n) is 1.80. The lowest BCUT2D eigenvalue weighted by atomic mass is 10.0. The summed E-state index contributed by atoms with van der Waals surface area (Å²) in [7, 11) is 1.54. The summed E-state index contributed by atoms with van der Waals surface area (Å²) in [6.07, 6.45) is 0. The maximum absolute atomic E-state index is 10.7. The van der Waals surface area contributed by atoms with Crippen LogP contribution in [0.1, 0.15) is 0 Å². The minimum absolute atomic E-state index is 0.127. The maximum Gasteiger partial charge on any atom is 0.298 e. The van der Waals surface area contributed by atoms with Crippen LogP contribution in [0.2, 0.25) is 0 Å². The van der Waals surface area contributed by atoms with Crippen molar-refractivity contribution in [3.63, 3.8) is 0 Å². The van der Waals surface area contributed by atoms with Gasteiger partial charge in [0, 0.05) is 11.6 Å². The Hall–Kier alpha value is -2.89. The summed E-state index contributed by atoms with van der Waals surface area (Å²) in [5.74, 6) is 0.764. The van der Waals surface area contributed by atoms with Crippen molar-refractivity contribution in [2.45, 2.75) is 0 Å². The molecule has 2 aromatic rings. The summed E-state index contributed by atoms with van der Waals surface area (Å²) in [6, 6.07) is 11.2. The fraction of sp³-hybridized carbons (Fsp3) is 0.0714. The highest BCUT2D eigenvalue weighted by molar-refractivity contribution is 5.74. The lowest BCUT2D eigenvalue weighted by Gasteiger charge is -2.08. The second-order valence-electron chi connectivity index (χ2n) is 3.88. The van der Waals surface area contributed by atoms with E-state index in [2.05, 4.69) is 0 Å². The predicted molar refractivity (Wildman–Crippen MR) is 71.8 cm³/mol. The average Bonchev–Trinajstić information content (AvgIpc) is 2.47. The van der Waals surface area contributed by atoms with Crippen LogP contribution >= 0.6 is 0 Å². The molecule has 0 saturated heterocycles. The van der Waals surface area contributed by atoms with Crippen molar-refractivity contribution in [3.05, 3.63) is 52.6 Å². The Bertz CT molecular complexity index is 654. The monoisotopic (exact) mass is 273 g/mol. The molecule has 2 aromatic carbocycles. The van der Waals surface area contributed by atoms with Gasteiger partial charge in [-0.2, -0.15) is 0 Å². The first kappa shape index (κ1) is 13.5. The van der Waals surface area contributed by atoms with E-state index in [1.54, 1.807) is 24.3 Å². The second-order valence-corrected chi connectivity index (χ2v) is 3.88. The van der Waals surface area contributed by atoms with Gasteiger partial charge in [-0.25, -0.2) is 0 Å². The van der Waals surface area contributed by atoms with Crippen molar-refractivity contribution in [1.29, 1.82) is 0 Å². The fourth-order valence-corrected chi connectivity index (χ4v) is 1.80. The van der Waals surface area contributed by atoms with Crippen LogP contribution in [0, 0.1) is 10.1 Å². The highest BCUT2D eigenvalue weighted by atomic mass is 16.6. The summed E-state index contributed by atoms with van der Waals surface area (Å²) >= 11 is 0. The number of methoxy groups -OCH3 is 1. The van der Waals surface area contributed by atoms with E-state index in [4.69, 9.17) is 9.47 Å². The lowest BCUT2D eigenvalue weighted by molar-refractivity contribution is -0.384. The molecule has 6 nitrogen and oxygen atoms in total. The number of carbonyl (C=O) groups excluding carboxylic acids is 1. The van der Waals surface area contributed by atoms with E-state index in [0.717, 1.165) is 5.56 Å². The van der Waals surface area contributed by atoms with Crippen molar-refractivity contribution in [1.82, 2.24) is 0 Å². The number of nitro groups is 1. The molecule has 0 aliphatic heterocycles. The summed E-state index contributed by atoms with van der Waals surface area (Å²) in [6.45, 7) is 0.239. The zero-order chi connectivity index (χ0) is 14.5. The molecule has 0 N–H and O–H groups in total. The third-order valence-electron chi connectivity index (χ3n) is 2.73. The molecule has 0 amide bonds. The van der Waals surface area contributed by atoms with Gasteiger partial charge in [-0.1, -0.05) is 12.1 Å². The van der Waals surface area contributed by atoms with Gasteiger partial charge in [-0.05, 0) is 23.8 Å². The van der Waals surface area contributed by atoms with Gasteiger partial charge in [0.15, 0.2) is 0 Å². The van der Waals surface area contributed by atoms with Crippen LogP contribution in [0.4, 0.5) is 5.69 Å². The van der Waals surface area contributed by atoms with Crippen LogP contribution in [-0.4, -0.2) is 18.5 Å². The van der Waals surface area contributed by atoms with Crippen LogP contribution in [0.3, 0.4) is 0 Å². The van der Waals surface area contributed by atoms with Crippen molar-refractivity contribution in [3.8, 4) is 22.6 Å². The Morgan fingerprint density at radius 3 is 2.65 bits per heavy atom. The van der Waals surface area contributed by atoms with Gasteiger partial charge in [0.1, 0.15) is 11.5 Å². The van der Waals surface area contributed by atoms with Crippen LogP contribution < -0.4 is 9.47 Å². The number of carbonyl (C=O) groups is 1. The van der Waals surface area contributed by atoms with Crippen LogP contribution in [-0.2, 0) is 4.79 Å². The maximum atomic E-state index is 10.7. The predicted octanol–water partition coefficient (Wildman–Crippen LogP) is 2.81. The number of rotatable bonds is 5. The molecule has 0 bridgehead atoms. The van der Waals surface area contributed by atoms with Gasteiger partial charge in [0.05, 0.1) is 18.1 Å². The Kier molecular flexibility index (Phi) is 3.95. The summed E-state index contributed by atoms with van der Waals surface area (Å²) in [5.41, 5.74) is 1.16. The molecule has 0 saturated carbocycles. The van der Waals surface area contributed by atoms with E-state index in [1.807, 2.05) is 0 Å². The van der Waals surface area contributed by atoms with Gasteiger partial charge < -0.3 is 9.47 Å². The van der Waals surface area contributed by atoms with Crippen molar-refractivity contribution in [2.24, 2.45) is 0 Å². The van der Waals surface area contributed by atoms with E-state index < -0.39 is 4.92 Å². The highest BCUT2D eigenvalue weighted by Crippen LogP contribution is 2.34. The number of hydrogen-bond acceptors (Lipinski definition) is 5. The molecule has 0 aliphatic rings. The quantitative estimate of drug-likeness (QED) is 0.475. The minimum atomic E-state index is -0.549. The number of non-ortho nitro benzene ring substituents is 1. The largest absolute Gasteiger partial charge is 0.497 e. The van der Waals surface area contributed by atoms with E-state index in [1.165, 1.54) is 25.3 Å². The molecule has 6 heteroatoms. The van der Waals surface area contributed by atoms with Crippen LogP contribution in [0.15, 0.2) is 42.5 Å². The number of hydrogen-bond donors (Lipinski definition) is 0. The van der Waals surface area contributed by atoms with Gasteiger partial charge in [0.2, 0.25) is 0 Å². The van der Waals surface area contributed by atoms with E-state index in [0.29, 0.717) is 11.3 Å². The summed E-state index contributed by atoms with van der Waals surface area (Å²) in [5, 5.41) is 10.7. The normalized spacial score (nSPS) is 9.85. The Balaban J connectivity index is 2.54. The van der Waals surface area contributed by atoms with Gasteiger partial charge in [-0.15, -0.1) is 0 Å². The molecule has 102 valence electrons. The standard InChI is InChI=1S/C14H11NO5/c1-19-12-4-2-3-10(7-12)13-6-5-11(15(17)18)8-14(13)20-9-16/h2-9H,1H3. The molecular formula is C14H11NO5. The summed E-state index contributed by atoms with van der Waals surface area (Å²) < 4.78 is 9.95. The Morgan fingerprint density at radius 2 is 2.00 bits per heavy atom. The SMILES string of the molecule is COc1cccc(-c2ccc([N+](=O)[O-])cc2OC=O)c1. The highest BCUT2D eigenvalue weighted by Gasteiger charge is 2.13. The topological polar surface area (TPSA) is 78.7 Å². The molecule has 2 rings (SSSR count). The molecule has 0 radical (unpaired) electrons. The van der Waals surface area contributed by atoms with Gasteiger partial charge in [0.25, 0.3) is 12.2 Å². The molecule has 0 spiro atoms. The lowest BCUT2D eigenvalue weighted by Crippen LogP contribution is -1.95. The molecule has 0 fully saturated rings. The van der Waals surface area contributed by atoms with Crippen LogP contribution in [0.25, 0.3) is 11.1 Å². The first-order chi connectivity index (χ1) is 9.65. The molecule has 20 heavy (non-hydrogen) atoms. The zero-order valence-electron chi connectivity index (χ0n) is 10.6.